The molecule has 57 heavy (non-hydrogen) atoms. The molecule has 3 aromatic carbocycles. The normalized spacial score (nSPS) is 18.0. The highest BCUT2D eigenvalue weighted by Crippen LogP contribution is 2.50. The van der Waals surface area contributed by atoms with E-state index in [4.69, 9.17) is 10.5 Å². The third-order valence-corrected chi connectivity index (χ3v) is 11.7. The van der Waals surface area contributed by atoms with Crippen LogP contribution >= 0.6 is 0 Å². The quantitative estimate of drug-likeness (QED) is 0.181. The molecule has 2 atom stereocenters. The number of primary amides is 1. The molecule has 12 nitrogen and oxygen atoms in total. The van der Waals surface area contributed by atoms with Crippen molar-refractivity contribution in [3.05, 3.63) is 119 Å². The maximum atomic E-state index is 15.1. The molecule has 0 bridgehead atoms. The molecule has 4 heterocycles. The fraction of sp³-hybridized carbons (Fsp3) is 0.400. The van der Waals surface area contributed by atoms with Crippen LogP contribution in [0.25, 0.3) is 11.1 Å². The summed E-state index contributed by atoms with van der Waals surface area (Å²) in [6.07, 6.45) is 2.14. The van der Waals surface area contributed by atoms with Crippen LogP contribution in [-0.2, 0) is 27.4 Å². The number of pyridine rings is 1. The van der Waals surface area contributed by atoms with Crippen LogP contribution < -0.4 is 15.2 Å². The van der Waals surface area contributed by atoms with Crippen molar-refractivity contribution in [3.8, 4) is 11.1 Å². The molecule has 12 heteroatoms. The standard InChI is InChI=1S/C45H53N7O5/c1-4-47(5-2)21-23-51-38-28-35(33-12-8-7-9-13-33)30-49(6-3)41(38)42-40(45(51)56)36-14-10-11-15-37(36)44(55)52(42)29-32-16-18-34(19-17-32)43(54)50(31-39(46)53)22-20-48-24-26-57-27-25-48/h7-19,28,30,40,42H,4-6,20-27,29,31H2,1-3H3,(H-,46,53)/p+1. The van der Waals surface area contributed by atoms with Crippen LogP contribution in [0.4, 0.5) is 5.69 Å². The van der Waals surface area contributed by atoms with Crippen LogP contribution in [0.2, 0.25) is 0 Å². The van der Waals surface area contributed by atoms with Crippen LogP contribution in [0.3, 0.4) is 0 Å². The lowest BCUT2D eigenvalue weighted by Gasteiger charge is -2.46. The summed E-state index contributed by atoms with van der Waals surface area (Å²) in [5.74, 6) is -1.64. The van der Waals surface area contributed by atoms with E-state index >= 15 is 4.79 Å². The second-order valence-corrected chi connectivity index (χ2v) is 15.0. The molecule has 0 radical (unpaired) electrons. The number of nitrogens with zero attached hydrogens (tertiary/aromatic N) is 6. The molecule has 298 valence electrons. The van der Waals surface area contributed by atoms with Gasteiger partial charge in [0.15, 0.2) is 6.20 Å². The van der Waals surface area contributed by atoms with Crippen LogP contribution in [0, 0.1) is 0 Å². The third kappa shape index (κ3) is 8.34. The molecule has 2 unspecified atom stereocenters. The smallest absolute Gasteiger partial charge is 0.255 e. The Morgan fingerprint density at radius 2 is 1.56 bits per heavy atom. The molecule has 0 aliphatic carbocycles. The fourth-order valence-corrected chi connectivity index (χ4v) is 8.53. The van der Waals surface area contributed by atoms with Gasteiger partial charge >= 0.3 is 0 Å². The first kappa shape index (κ1) is 39.8. The van der Waals surface area contributed by atoms with Crippen molar-refractivity contribution in [3.63, 3.8) is 0 Å². The highest BCUT2D eigenvalue weighted by molar-refractivity contribution is 6.07. The van der Waals surface area contributed by atoms with Gasteiger partial charge in [0.2, 0.25) is 17.5 Å². The van der Waals surface area contributed by atoms with Gasteiger partial charge in [-0.15, -0.1) is 0 Å². The highest BCUT2D eigenvalue weighted by atomic mass is 16.5. The number of hydrogen-bond acceptors (Lipinski definition) is 7. The van der Waals surface area contributed by atoms with Crippen LogP contribution in [0.1, 0.15) is 70.3 Å². The fourth-order valence-electron chi connectivity index (χ4n) is 8.53. The number of benzene rings is 3. The zero-order valence-corrected chi connectivity index (χ0v) is 33.3. The maximum absolute atomic E-state index is 15.1. The summed E-state index contributed by atoms with van der Waals surface area (Å²) in [5, 5.41) is 0. The number of aryl methyl sites for hydroxylation is 1. The average Bonchev–Trinajstić information content (AvgIpc) is 3.24. The lowest BCUT2D eigenvalue weighted by molar-refractivity contribution is -0.702. The Labute approximate surface area is 335 Å². The maximum Gasteiger partial charge on any atom is 0.255 e. The molecule has 1 aromatic heterocycles. The lowest BCUT2D eigenvalue weighted by atomic mass is 9.77. The predicted molar refractivity (Wildman–Crippen MR) is 218 cm³/mol. The molecule has 0 spiro atoms. The Morgan fingerprint density at radius 3 is 2.25 bits per heavy atom. The minimum absolute atomic E-state index is 0.0231. The number of anilines is 1. The molecule has 2 N–H and O–H groups in total. The minimum atomic E-state index is -0.613. The van der Waals surface area contributed by atoms with E-state index in [1.165, 1.54) is 4.90 Å². The van der Waals surface area contributed by atoms with Gasteiger partial charge < -0.3 is 30.1 Å². The summed E-state index contributed by atoms with van der Waals surface area (Å²) in [5.41, 5.74) is 11.9. The van der Waals surface area contributed by atoms with Crippen molar-refractivity contribution < 1.29 is 28.5 Å². The van der Waals surface area contributed by atoms with Gasteiger partial charge in [0.05, 0.1) is 25.7 Å². The summed E-state index contributed by atoms with van der Waals surface area (Å²) in [6.45, 7) is 13.8. The Hall–Kier alpha value is -5.43. The van der Waals surface area contributed by atoms with Crippen molar-refractivity contribution in [2.75, 3.05) is 77.0 Å². The largest absolute Gasteiger partial charge is 0.379 e. The van der Waals surface area contributed by atoms with Crippen molar-refractivity contribution in [2.45, 2.75) is 45.8 Å². The number of hydrogen-bond donors (Lipinski definition) is 1. The van der Waals surface area contributed by atoms with E-state index in [1.54, 1.807) is 12.1 Å². The molecule has 3 aliphatic rings. The number of nitrogens with two attached hydrogens (primary N) is 1. The first-order chi connectivity index (χ1) is 27.7. The molecular formula is C45H54N7O5+. The Balaban J connectivity index is 1.26. The summed E-state index contributed by atoms with van der Waals surface area (Å²) < 4.78 is 7.66. The average molecular weight is 773 g/mol. The highest BCUT2D eigenvalue weighted by Gasteiger charge is 2.54. The van der Waals surface area contributed by atoms with Gasteiger partial charge in [-0.05, 0) is 61.0 Å². The molecule has 4 amide bonds. The number of fused-ring (bicyclic) bond motifs is 5. The third-order valence-electron chi connectivity index (χ3n) is 11.7. The molecule has 1 fully saturated rings. The number of carbonyl (C=O) groups excluding carboxylic acids is 4. The van der Waals surface area contributed by atoms with Crippen molar-refractivity contribution in [1.82, 2.24) is 19.6 Å². The number of ether oxygens (including phenoxy) is 1. The first-order valence-electron chi connectivity index (χ1n) is 20.2. The summed E-state index contributed by atoms with van der Waals surface area (Å²) >= 11 is 0. The van der Waals surface area contributed by atoms with Crippen molar-refractivity contribution in [1.29, 1.82) is 0 Å². The van der Waals surface area contributed by atoms with E-state index in [0.717, 1.165) is 66.4 Å². The number of likely N-dealkylation sites (N-methyl/N-ethyl adjacent to an activating group) is 1. The van der Waals surface area contributed by atoms with Crippen LogP contribution in [0.5, 0.6) is 0 Å². The first-order valence-corrected chi connectivity index (χ1v) is 20.2. The van der Waals surface area contributed by atoms with E-state index in [2.05, 4.69) is 59.5 Å². The Morgan fingerprint density at radius 1 is 0.860 bits per heavy atom. The van der Waals surface area contributed by atoms with Gasteiger partial charge in [0.25, 0.3) is 11.8 Å². The molecular weight excluding hydrogens is 719 g/mol. The minimum Gasteiger partial charge on any atom is -0.379 e. The van der Waals surface area contributed by atoms with Gasteiger partial charge in [-0.25, -0.2) is 0 Å². The monoisotopic (exact) mass is 772 g/mol. The molecule has 7 rings (SSSR count). The second kappa shape index (κ2) is 17.8. The number of amides is 4. The van der Waals surface area contributed by atoms with E-state index < -0.39 is 17.9 Å². The zero-order chi connectivity index (χ0) is 40.1. The van der Waals surface area contributed by atoms with Crippen molar-refractivity contribution >= 4 is 29.3 Å². The molecule has 1 saturated heterocycles. The van der Waals surface area contributed by atoms with E-state index in [1.807, 2.05) is 64.4 Å². The summed E-state index contributed by atoms with van der Waals surface area (Å²) in [4.78, 5) is 65.4. The predicted octanol–water partition coefficient (Wildman–Crippen LogP) is 4.09. The van der Waals surface area contributed by atoms with Gasteiger partial charge in [-0.1, -0.05) is 74.5 Å². The van der Waals surface area contributed by atoms with E-state index in [0.29, 0.717) is 50.5 Å². The Kier molecular flexibility index (Phi) is 12.4. The van der Waals surface area contributed by atoms with Gasteiger partial charge in [-0.2, -0.15) is 4.57 Å². The molecule has 3 aliphatic heterocycles. The van der Waals surface area contributed by atoms with Gasteiger partial charge in [-0.3, -0.25) is 24.1 Å². The van der Waals surface area contributed by atoms with Crippen molar-refractivity contribution in [2.24, 2.45) is 5.73 Å². The number of morpholine rings is 1. The second-order valence-electron chi connectivity index (χ2n) is 15.0. The topological polar surface area (TPSA) is 124 Å². The van der Waals surface area contributed by atoms with E-state index in [-0.39, 0.29) is 30.8 Å². The zero-order valence-electron chi connectivity index (χ0n) is 33.3. The number of rotatable bonds is 15. The molecule has 0 saturated carbocycles. The van der Waals surface area contributed by atoms with E-state index in [9.17, 15) is 14.4 Å². The van der Waals surface area contributed by atoms with Gasteiger partial charge in [0, 0.05) is 62.5 Å². The van der Waals surface area contributed by atoms with Crippen LogP contribution in [0.15, 0.2) is 91.1 Å². The number of aromatic nitrogens is 1. The Bertz CT molecular complexity index is 2080. The summed E-state index contributed by atoms with van der Waals surface area (Å²) in [6, 6.07) is 26.4. The van der Waals surface area contributed by atoms with Gasteiger partial charge in [0.1, 0.15) is 18.3 Å². The lowest BCUT2D eigenvalue weighted by Crippen LogP contribution is -2.57. The van der Waals surface area contributed by atoms with Crippen LogP contribution in [-0.4, -0.2) is 115 Å². The summed E-state index contributed by atoms with van der Waals surface area (Å²) in [7, 11) is 0. The molecule has 4 aromatic rings. The number of carbonyl (C=O) groups is 4. The SMILES string of the molecule is CCN(CC)CCN1C(=O)C2c3ccccc3C(=O)N(Cc3ccc(C(=O)N(CCN4CCOCC4)CC(N)=O)cc3)C2c2c1cc(-c1ccccc1)c[n+]2CC.